The van der Waals surface area contributed by atoms with Crippen LogP contribution >= 0.6 is 0 Å². The first-order valence-corrected chi connectivity index (χ1v) is 22.6. The number of benzene rings is 10. The van der Waals surface area contributed by atoms with Crippen LogP contribution in [0.4, 0.5) is 17.1 Å². The van der Waals surface area contributed by atoms with Gasteiger partial charge in [0.25, 0.3) is 0 Å². The summed E-state index contributed by atoms with van der Waals surface area (Å²) in [5, 5.41) is 2.49. The summed E-state index contributed by atoms with van der Waals surface area (Å²) in [7, 11) is 0. The number of fused-ring (bicyclic) bond motifs is 6. The highest BCUT2D eigenvalue weighted by molar-refractivity contribution is 6.11. The molecule has 0 fully saturated rings. The lowest BCUT2D eigenvalue weighted by atomic mass is 9.81. The molecule has 0 N–H and O–H groups in total. The van der Waals surface area contributed by atoms with Gasteiger partial charge in [-0.05, 0) is 134 Å². The molecule has 11 aromatic rings. The molecule has 0 radical (unpaired) electrons. The van der Waals surface area contributed by atoms with Gasteiger partial charge < -0.3 is 9.47 Å². The first-order valence-electron chi connectivity index (χ1n) is 22.6. The predicted molar refractivity (Wildman–Crippen MR) is 275 cm³/mol. The highest BCUT2D eigenvalue weighted by Gasteiger charge is 2.35. The van der Waals surface area contributed by atoms with Crippen LogP contribution in [0.15, 0.2) is 243 Å². The summed E-state index contributed by atoms with van der Waals surface area (Å²) < 4.78 is 2.41. The van der Waals surface area contributed by atoms with Gasteiger partial charge in [0.05, 0.1) is 16.7 Å². The maximum Gasteiger partial charge on any atom is 0.0541 e. The molecule has 10 aromatic carbocycles. The molecule has 1 heterocycles. The number of para-hydroxylation sites is 3. The van der Waals surface area contributed by atoms with Gasteiger partial charge in [-0.1, -0.05) is 184 Å². The van der Waals surface area contributed by atoms with Crippen molar-refractivity contribution in [2.75, 3.05) is 4.90 Å². The molecule has 0 aliphatic heterocycles. The summed E-state index contributed by atoms with van der Waals surface area (Å²) in [6, 6.07) is 88.6. The first kappa shape index (κ1) is 38.5. The molecule has 0 unspecified atom stereocenters. The van der Waals surface area contributed by atoms with Gasteiger partial charge in [-0.15, -0.1) is 0 Å². The Morgan fingerprint density at radius 3 is 1.43 bits per heavy atom. The van der Waals surface area contributed by atoms with Crippen LogP contribution < -0.4 is 4.90 Å². The zero-order valence-corrected chi connectivity index (χ0v) is 36.5. The minimum Gasteiger partial charge on any atom is -0.310 e. The molecular weight excluding hydrogens is 785 g/mol. The van der Waals surface area contributed by atoms with Gasteiger partial charge in [0, 0.05) is 38.8 Å². The third-order valence-corrected chi connectivity index (χ3v) is 13.6. The molecule has 12 rings (SSSR count). The van der Waals surface area contributed by atoms with E-state index in [1.165, 1.54) is 88.6 Å². The quantitative estimate of drug-likeness (QED) is 0.148. The van der Waals surface area contributed by atoms with Crippen molar-refractivity contribution in [2.24, 2.45) is 0 Å². The molecule has 1 aliphatic rings. The molecule has 1 aromatic heterocycles. The minimum atomic E-state index is -0.0532. The standard InChI is InChI=1S/C63H46N2/c1-63(2)58-24-14-12-23-54(58)55-37-32-49(42-59(55)63)48-34-39-62-57(41-48)56-40-47(33-38-61(56)65(62)51-20-10-5-11-21-51)45-28-26-43(27-29-45)44-30-35-52(36-31-44)64(50-18-8-4-9-19-50)60-25-15-13-22-53(60)46-16-6-3-7-17-46/h3-42H,1-2H3. The van der Waals surface area contributed by atoms with Crippen molar-refractivity contribution in [1.82, 2.24) is 4.57 Å². The van der Waals surface area contributed by atoms with E-state index in [-0.39, 0.29) is 5.41 Å². The van der Waals surface area contributed by atoms with Crippen molar-refractivity contribution in [3.8, 4) is 61.3 Å². The predicted octanol–water partition coefficient (Wildman–Crippen LogP) is 17.2. The topological polar surface area (TPSA) is 8.17 Å². The summed E-state index contributed by atoms with van der Waals surface area (Å²) >= 11 is 0. The van der Waals surface area contributed by atoms with E-state index in [9.17, 15) is 0 Å². The number of anilines is 3. The molecule has 0 bridgehead atoms. The minimum absolute atomic E-state index is 0.0532. The summed E-state index contributed by atoms with van der Waals surface area (Å²) in [6.07, 6.45) is 0. The summed E-state index contributed by atoms with van der Waals surface area (Å²) in [4.78, 5) is 2.36. The van der Waals surface area contributed by atoms with Gasteiger partial charge in [0.15, 0.2) is 0 Å². The van der Waals surface area contributed by atoms with Gasteiger partial charge >= 0.3 is 0 Å². The number of hydrogen-bond donors (Lipinski definition) is 0. The van der Waals surface area contributed by atoms with Crippen molar-refractivity contribution in [3.63, 3.8) is 0 Å². The maximum absolute atomic E-state index is 2.43. The Labute approximate surface area is 381 Å². The number of nitrogens with zero attached hydrogens (tertiary/aromatic N) is 2. The summed E-state index contributed by atoms with van der Waals surface area (Å²) in [6.45, 7) is 4.71. The van der Waals surface area contributed by atoms with Gasteiger partial charge in [-0.3, -0.25) is 0 Å². The van der Waals surface area contributed by atoms with E-state index in [4.69, 9.17) is 0 Å². The Bertz CT molecular complexity index is 3530. The number of aromatic nitrogens is 1. The second-order valence-electron chi connectivity index (χ2n) is 17.7. The average molecular weight is 831 g/mol. The fraction of sp³-hybridized carbons (Fsp3) is 0.0476. The largest absolute Gasteiger partial charge is 0.310 e. The fourth-order valence-electron chi connectivity index (χ4n) is 10.3. The highest BCUT2D eigenvalue weighted by atomic mass is 15.1. The SMILES string of the molecule is CC1(C)c2ccccc2-c2ccc(-c3ccc4c(c3)c3cc(-c5ccc(-c6ccc(N(c7ccccc7)c7ccccc7-c7ccccc7)cc6)cc5)ccc3n4-c3ccccc3)cc21. The van der Waals surface area contributed by atoms with Crippen molar-refractivity contribution < 1.29 is 0 Å². The van der Waals surface area contributed by atoms with E-state index in [2.05, 4.69) is 266 Å². The first-order chi connectivity index (χ1) is 32.0. The Morgan fingerprint density at radius 1 is 0.323 bits per heavy atom. The van der Waals surface area contributed by atoms with Crippen LogP contribution in [0.3, 0.4) is 0 Å². The average Bonchev–Trinajstić information content (AvgIpc) is 3.82. The monoisotopic (exact) mass is 830 g/mol. The number of rotatable bonds is 8. The molecule has 0 saturated heterocycles. The maximum atomic E-state index is 2.43. The van der Waals surface area contributed by atoms with E-state index in [1.807, 2.05) is 0 Å². The number of hydrogen-bond acceptors (Lipinski definition) is 1. The van der Waals surface area contributed by atoms with Crippen molar-refractivity contribution in [1.29, 1.82) is 0 Å². The third-order valence-electron chi connectivity index (χ3n) is 13.6. The Hall–Kier alpha value is -8.20. The van der Waals surface area contributed by atoms with Crippen LogP contribution in [0.5, 0.6) is 0 Å². The van der Waals surface area contributed by atoms with Crippen molar-refractivity contribution in [2.45, 2.75) is 19.3 Å². The molecular formula is C63H46N2. The molecule has 1 aliphatic carbocycles. The molecule has 0 amide bonds. The van der Waals surface area contributed by atoms with Crippen molar-refractivity contribution in [3.05, 3.63) is 254 Å². The van der Waals surface area contributed by atoms with E-state index < -0.39 is 0 Å². The Kier molecular flexibility index (Phi) is 9.21. The van der Waals surface area contributed by atoms with E-state index in [1.54, 1.807) is 0 Å². The van der Waals surface area contributed by atoms with E-state index in [0.29, 0.717) is 0 Å². The van der Waals surface area contributed by atoms with E-state index in [0.717, 1.165) is 22.7 Å². The van der Waals surface area contributed by atoms with Crippen LogP contribution in [0.25, 0.3) is 83.1 Å². The summed E-state index contributed by atoms with van der Waals surface area (Å²) in [5.74, 6) is 0. The molecule has 0 atom stereocenters. The Morgan fingerprint density at radius 2 is 0.769 bits per heavy atom. The lowest BCUT2D eigenvalue weighted by molar-refractivity contribution is 0.660. The Balaban J connectivity index is 0.896. The zero-order chi connectivity index (χ0) is 43.5. The molecule has 2 nitrogen and oxygen atoms in total. The molecule has 0 saturated carbocycles. The second kappa shape index (κ2) is 15.6. The van der Waals surface area contributed by atoms with Gasteiger partial charge in [-0.2, -0.15) is 0 Å². The fourth-order valence-corrected chi connectivity index (χ4v) is 10.3. The van der Waals surface area contributed by atoms with Crippen LogP contribution in [-0.2, 0) is 5.41 Å². The van der Waals surface area contributed by atoms with Crippen molar-refractivity contribution >= 4 is 38.9 Å². The normalized spacial score (nSPS) is 12.6. The van der Waals surface area contributed by atoms with Gasteiger partial charge in [0.1, 0.15) is 0 Å². The third kappa shape index (κ3) is 6.57. The van der Waals surface area contributed by atoms with Crippen LogP contribution in [0.2, 0.25) is 0 Å². The molecule has 65 heavy (non-hydrogen) atoms. The molecule has 2 heteroatoms. The zero-order valence-electron chi connectivity index (χ0n) is 36.5. The lowest BCUT2D eigenvalue weighted by Gasteiger charge is -2.28. The lowest BCUT2D eigenvalue weighted by Crippen LogP contribution is -2.14. The van der Waals surface area contributed by atoms with E-state index >= 15 is 0 Å². The van der Waals surface area contributed by atoms with Gasteiger partial charge in [0.2, 0.25) is 0 Å². The smallest absolute Gasteiger partial charge is 0.0541 e. The summed E-state index contributed by atoms with van der Waals surface area (Å²) in [5.41, 5.74) is 22.0. The van der Waals surface area contributed by atoms with Crippen LogP contribution in [-0.4, -0.2) is 4.57 Å². The van der Waals surface area contributed by atoms with Gasteiger partial charge in [-0.25, -0.2) is 0 Å². The molecule has 0 spiro atoms. The van der Waals surface area contributed by atoms with Crippen LogP contribution in [0.1, 0.15) is 25.0 Å². The van der Waals surface area contributed by atoms with Crippen LogP contribution in [0, 0.1) is 0 Å². The molecule has 308 valence electrons. The highest BCUT2D eigenvalue weighted by Crippen LogP contribution is 2.50. The second-order valence-corrected chi connectivity index (χ2v) is 17.7.